The largest absolute Gasteiger partial charge is 0.492 e. The van der Waals surface area contributed by atoms with E-state index in [-0.39, 0.29) is 69.6 Å². The Labute approximate surface area is 187 Å². The second kappa shape index (κ2) is 7.77. The molecule has 0 radical (unpaired) electrons. The highest BCUT2D eigenvalue weighted by atomic mass is 16.5. The summed E-state index contributed by atoms with van der Waals surface area (Å²) < 4.78 is 5.01. The zero-order valence-electron chi connectivity index (χ0n) is 18.4. The number of aromatic nitrogens is 2. The maximum atomic E-state index is 13.1. The molecule has 0 atom stereocenters. The Kier molecular flexibility index (Phi) is 5.20. The van der Waals surface area contributed by atoms with Gasteiger partial charge in [0, 0.05) is 25.5 Å². The molecule has 0 saturated heterocycles. The number of hydrogen-bond donors (Lipinski definition) is 2. The Balaban J connectivity index is 1.71. The molecule has 9 heteroatoms. The summed E-state index contributed by atoms with van der Waals surface area (Å²) in [5, 5.41) is 0. The Morgan fingerprint density at radius 3 is 2.00 bits per heavy atom. The van der Waals surface area contributed by atoms with Crippen LogP contribution in [0, 0.1) is 6.92 Å². The molecule has 0 aromatic carbocycles. The van der Waals surface area contributed by atoms with E-state index in [1.807, 2.05) is 0 Å². The summed E-state index contributed by atoms with van der Waals surface area (Å²) in [5.74, 6) is -2.69. The van der Waals surface area contributed by atoms with E-state index in [0.717, 1.165) is 6.08 Å². The molecule has 2 aliphatic rings. The SMILES string of the molecule is COC1=CC(=O)c2[nH]c(C(C)=O)c(CCC3=CC(=O)c4[nH]c(C(C)=O)c(C)c4C3=O)c2C1=O. The molecule has 33 heavy (non-hydrogen) atoms. The normalized spacial score (nSPS) is 15.2. The predicted molar refractivity (Wildman–Crippen MR) is 115 cm³/mol. The van der Waals surface area contributed by atoms with Crippen LogP contribution in [0.15, 0.2) is 23.5 Å². The zero-order valence-corrected chi connectivity index (χ0v) is 18.4. The Morgan fingerprint density at radius 2 is 1.39 bits per heavy atom. The number of methoxy groups -OCH3 is 1. The van der Waals surface area contributed by atoms with Gasteiger partial charge in [-0.05, 0) is 37.0 Å². The second-order valence-electron chi connectivity index (χ2n) is 7.98. The summed E-state index contributed by atoms with van der Waals surface area (Å²) in [6.45, 7) is 4.24. The van der Waals surface area contributed by atoms with E-state index >= 15 is 0 Å². The van der Waals surface area contributed by atoms with Crippen LogP contribution in [0.5, 0.6) is 0 Å². The van der Waals surface area contributed by atoms with Gasteiger partial charge in [-0.2, -0.15) is 0 Å². The van der Waals surface area contributed by atoms with Crippen molar-refractivity contribution in [3.63, 3.8) is 0 Å². The molecule has 2 aromatic rings. The molecule has 168 valence electrons. The molecule has 2 aliphatic carbocycles. The molecule has 0 bridgehead atoms. The van der Waals surface area contributed by atoms with Gasteiger partial charge in [-0.25, -0.2) is 0 Å². The molecule has 0 amide bonds. The molecule has 0 aliphatic heterocycles. The van der Waals surface area contributed by atoms with Crippen molar-refractivity contribution < 1.29 is 33.5 Å². The van der Waals surface area contributed by atoms with Crippen LogP contribution in [0.3, 0.4) is 0 Å². The van der Waals surface area contributed by atoms with Crippen molar-refractivity contribution in [1.82, 2.24) is 9.97 Å². The molecular formula is C24H20N2O7. The number of hydrogen-bond acceptors (Lipinski definition) is 7. The molecular weight excluding hydrogens is 428 g/mol. The van der Waals surface area contributed by atoms with E-state index in [4.69, 9.17) is 4.74 Å². The lowest BCUT2D eigenvalue weighted by Crippen LogP contribution is -2.19. The van der Waals surface area contributed by atoms with Gasteiger partial charge in [0.1, 0.15) is 0 Å². The van der Waals surface area contributed by atoms with Crippen LogP contribution < -0.4 is 0 Å². The lowest BCUT2D eigenvalue weighted by molar-refractivity contribution is 0.0914. The lowest BCUT2D eigenvalue weighted by atomic mass is 9.87. The number of H-pyrrole nitrogens is 2. The third kappa shape index (κ3) is 3.32. The van der Waals surface area contributed by atoms with E-state index < -0.39 is 23.1 Å². The van der Waals surface area contributed by atoms with Gasteiger partial charge in [0.05, 0.1) is 41.0 Å². The number of carbonyl (C=O) groups is 6. The van der Waals surface area contributed by atoms with Crippen LogP contribution >= 0.6 is 0 Å². The first-order valence-electron chi connectivity index (χ1n) is 10.2. The lowest BCUT2D eigenvalue weighted by Gasteiger charge is -2.15. The maximum absolute atomic E-state index is 13.1. The fourth-order valence-corrected chi connectivity index (χ4v) is 4.37. The quantitative estimate of drug-likeness (QED) is 0.647. The van der Waals surface area contributed by atoms with Gasteiger partial charge in [0.25, 0.3) is 0 Å². The van der Waals surface area contributed by atoms with E-state index in [1.165, 1.54) is 27.0 Å². The van der Waals surface area contributed by atoms with E-state index in [2.05, 4.69) is 9.97 Å². The number of Topliss-reactive ketones (excluding diaryl/α,β-unsaturated/α-hetero) is 4. The number of fused-ring (bicyclic) bond motifs is 2. The highest BCUT2D eigenvalue weighted by Crippen LogP contribution is 2.32. The summed E-state index contributed by atoms with van der Waals surface area (Å²) >= 11 is 0. The van der Waals surface area contributed by atoms with Crippen molar-refractivity contribution in [2.24, 2.45) is 0 Å². The number of ether oxygens (including phenoxy) is 1. The number of ketones is 6. The van der Waals surface area contributed by atoms with Crippen molar-refractivity contribution >= 4 is 34.7 Å². The van der Waals surface area contributed by atoms with Crippen LogP contribution in [0.2, 0.25) is 0 Å². The first kappa shape index (κ1) is 22.1. The van der Waals surface area contributed by atoms with Crippen LogP contribution in [0.1, 0.15) is 94.1 Å². The Bertz CT molecular complexity index is 1380. The second-order valence-corrected chi connectivity index (χ2v) is 7.98. The standard InChI is InChI=1S/C24H20N2O7/c1-9-17-21(25-19(9)10(2)27)14(29)7-12(23(17)31)5-6-13-18-22(26-20(13)11(3)28)15(30)8-16(33-4)24(18)32/h7-8,25-26H,5-6H2,1-4H3. The Hall–Kier alpha value is -4.14. The minimum atomic E-state index is -0.541. The maximum Gasteiger partial charge on any atom is 0.230 e. The molecule has 0 unspecified atom stereocenters. The summed E-state index contributed by atoms with van der Waals surface area (Å²) in [6.07, 6.45) is 2.36. The van der Waals surface area contributed by atoms with Crippen molar-refractivity contribution in [3.05, 3.63) is 68.5 Å². The molecule has 9 nitrogen and oxygen atoms in total. The smallest absolute Gasteiger partial charge is 0.230 e. The van der Waals surface area contributed by atoms with Crippen molar-refractivity contribution in [2.45, 2.75) is 33.6 Å². The molecule has 4 rings (SSSR count). The molecule has 0 spiro atoms. The van der Waals surface area contributed by atoms with Gasteiger partial charge in [-0.15, -0.1) is 0 Å². The number of carbonyl (C=O) groups excluding carboxylic acids is 6. The van der Waals surface area contributed by atoms with Crippen LogP contribution in [0.4, 0.5) is 0 Å². The van der Waals surface area contributed by atoms with Gasteiger partial charge in [-0.3, -0.25) is 28.8 Å². The van der Waals surface area contributed by atoms with Crippen LogP contribution in [0.25, 0.3) is 0 Å². The van der Waals surface area contributed by atoms with E-state index in [0.29, 0.717) is 11.1 Å². The van der Waals surface area contributed by atoms with Gasteiger partial charge in [0.2, 0.25) is 17.3 Å². The summed E-state index contributed by atoms with van der Waals surface area (Å²) in [4.78, 5) is 80.5. The first-order chi connectivity index (χ1) is 15.6. The summed E-state index contributed by atoms with van der Waals surface area (Å²) in [7, 11) is 1.27. The third-order valence-electron chi connectivity index (χ3n) is 5.95. The number of nitrogens with one attached hydrogen (secondary N) is 2. The average Bonchev–Trinajstić information content (AvgIpc) is 3.32. The number of aromatic amines is 2. The van der Waals surface area contributed by atoms with E-state index in [1.54, 1.807) is 6.92 Å². The fourth-order valence-electron chi connectivity index (χ4n) is 4.37. The van der Waals surface area contributed by atoms with Crippen molar-refractivity contribution in [3.8, 4) is 0 Å². The van der Waals surface area contributed by atoms with Crippen LogP contribution in [-0.4, -0.2) is 51.8 Å². The number of allylic oxidation sites excluding steroid dienone is 4. The highest BCUT2D eigenvalue weighted by molar-refractivity contribution is 6.26. The Morgan fingerprint density at radius 1 is 0.818 bits per heavy atom. The average molecular weight is 448 g/mol. The van der Waals surface area contributed by atoms with Gasteiger partial charge in [0.15, 0.2) is 23.1 Å². The van der Waals surface area contributed by atoms with E-state index in [9.17, 15) is 28.8 Å². The number of rotatable bonds is 6. The topological polar surface area (TPSA) is 143 Å². The van der Waals surface area contributed by atoms with Crippen molar-refractivity contribution in [1.29, 1.82) is 0 Å². The minimum Gasteiger partial charge on any atom is -0.492 e. The summed E-state index contributed by atoms with van der Waals surface area (Å²) in [5.41, 5.74) is 1.45. The van der Waals surface area contributed by atoms with Crippen LogP contribution in [-0.2, 0) is 11.2 Å². The molecule has 0 saturated carbocycles. The van der Waals surface area contributed by atoms with Gasteiger partial charge in [-0.1, -0.05) is 0 Å². The monoisotopic (exact) mass is 448 g/mol. The molecule has 2 aromatic heterocycles. The van der Waals surface area contributed by atoms with Gasteiger partial charge >= 0.3 is 0 Å². The highest BCUT2D eigenvalue weighted by Gasteiger charge is 2.35. The van der Waals surface area contributed by atoms with Crippen molar-refractivity contribution in [2.75, 3.05) is 7.11 Å². The third-order valence-corrected chi connectivity index (χ3v) is 5.95. The fraction of sp³-hybridized carbons (Fsp3) is 0.250. The molecule has 2 heterocycles. The summed E-state index contributed by atoms with van der Waals surface area (Å²) in [6, 6.07) is 0. The first-order valence-corrected chi connectivity index (χ1v) is 10.2. The minimum absolute atomic E-state index is 0.00380. The van der Waals surface area contributed by atoms with Gasteiger partial charge < -0.3 is 14.7 Å². The zero-order chi connectivity index (χ0) is 24.2. The predicted octanol–water partition coefficient (Wildman–Crippen LogP) is 2.90. The molecule has 0 fully saturated rings. The molecule has 2 N–H and O–H groups in total.